The molecule has 0 atom stereocenters. The topological polar surface area (TPSA) is 60.9 Å². The molecule has 2 rings (SSSR count). The first-order valence-corrected chi connectivity index (χ1v) is 7.00. The average molecular weight is 288 g/mol. The Morgan fingerprint density at radius 1 is 1.10 bits per heavy atom. The molecule has 1 aromatic carbocycles. The number of piperazine rings is 1. The van der Waals surface area contributed by atoms with Gasteiger partial charge in [-0.3, -0.25) is 4.79 Å². The predicted molar refractivity (Wildman–Crippen MR) is 81.5 cm³/mol. The number of nitrogens with zero attached hydrogens (tertiary/aromatic N) is 2. The molecule has 1 aliphatic heterocycles. The lowest BCUT2D eigenvalue weighted by atomic mass is 10.1. The molecule has 21 heavy (non-hydrogen) atoms. The molecule has 112 valence electrons. The number of rotatable bonds is 3. The lowest BCUT2D eigenvalue weighted by molar-refractivity contribution is -0.132. The fourth-order valence-corrected chi connectivity index (χ4v) is 2.49. The summed E-state index contributed by atoms with van der Waals surface area (Å²) in [6, 6.07) is 6.24. The third-order valence-electron chi connectivity index (χ3n) is 3.88. The van der Waals surface area contributed by atoms with Crippen LogP contribution in [0.15, 0.2) is 30.4 Å². The number of hydrogen-bond donors (Lipinski definition) is 1. The van der Waals surface area contributed by atoms with Crippen molar-refractivity contribution >= 4 is 17.6 Å². The van der Waals surface area contributed by atoms with E-state index in [1.54, 1.807) is 4.90 Å². The summed E-state index contributed by atoms with van der Waals surface area (Å²) in [4.78, 5) is 26.2. The van der Waals surface area contributed by atoms with E-state index in [-0.39, 0.29) is 5.91 Å². The molecule has 0 radical (unpaired) electrons. The molecule has 0 spiro atoms. The van der Waals surface area contributed by atoms with E-state index >= 15 is 0 Å². The van der Waals surface area contributed by atoms with Gasteiger partial charge in [-0.05, 0) is 31.0 Å². The lowest BCUT2D eigenvalue weighted by Crippen LogP contribution is -2.48. The fraction of sp³-hybridized carbons (Fsp3) is 0.375. The number of carboxylic acid groups (broad SMARTS) is 1. The molecule has 0 aliphatic carbocycles. The molecule has 1 fully saturated rings. The third kappa shape index (κ3) is 3.62. The van der Waals surface area contributed by atoms with Crippen LogP contribution in [0.4, 0.5) is 5.69 Å². The van der Waals surface area contributed by atoms with Crippen molar-refractivity contribution in [2.75, 3.05) is 31.1 Å². The second-order valence-corrected chi connectivity index (χ2v) is 5.20. The Bertz CT molecular complexity index is 573. The Kier molecular flexibility index (Phi) is 4.62. The highest BCUT2D eigenvalue weighted by molar-refractivity contribution is 5.94. The standard InChI is InChI=1S/C16H20N2O3/c1-12-4-3-5-14(13(12)2)17-8-10-18(11-9-17)15(19)6-7-16(20)21/h3-7H,8-11H2,1-2H3,(H,20,21). The van der Waals surface area contributed by atoms with Crippen molar-refractivity contribution in [3.8, 4) is 0 Å². The van der Waals surface area contributed by atoms with Gasteiger partial charge in [-0.2, -0.15) is 0 Å². The molecule has 0 unspecified atom stereocenters. The van der Waals surface area contributed by atoms with Crippen molar-refractivity contribution < 1.29 is 14.7 Å². The number of benzene rings is 1. The SMILES string of the molecule is Cc1cccc(N2CCN(C(=O)C=CC(=O)O)CC2)c1C. The minimum absolute atomic E-state index is 0.238. The molecule has 1 aliphatic rings. The minimum atomic E-state index is -1.10. The monoisotopic (exact) mass is 288 g/mol. The predicted octanol–water partition coefficient (Wildman–Crippen LogP) is 1.59. The summed E-state index contributed by atoms with van der Waals surface area (Å²) in [6.07, 6.45) is 2.01. The van der Waals surface area contributed by atoms with Gasteiger partial charge in [-0.15, -0.1) is 0 Å². The smallest absolute Gasteiger partial charge is 0.328 e. The minimum Gasteiger partial charge on any atom is -0.478 e. The summed E-state index contributed by atoms with van der Waals surface area (Å²) >= 11 is 0. The van der Waals surface area contributed by atoms with E-state index in [9.17, 15) is 9.59 Å². The maximum absolute atomic E-state index is 11.8. The molecule has 5 nitrogen and oxygen atoms in total. The number of anilines is 1. The van der Waals surface area contributed by atoms with Crippen LogP contribution in [-0.4, -0.2) is 48.1 Å². The highest BCUT2D eigenvalue weighted by Gasteiger charge is 2.21. The second-order valence-electron chi connectivity index (χ2n) is 5.20. The zero-order valence-electron chi connectivity index (χ0n) is 12.4. The summed E-state index contributed by atoms with van der Waals surface area (Å²) in [5, 5.41) is 8.54. The van der Waals surface area contributed by atoms with Crippen LogP contribution in [0, 0.1) is 13.8 Å². The van der Waals surface area contributed by atoms with E-state index in [1.165, 1.54) is 16.8 Å². The first-order chi connectivity index (χ1) is 9.99. The van der Waals surface area contributed by atoms with Crippen molar-refractivity contribution in [2.24, 2.45) is 0 Å². The molecular formula is C16H20N2O3. The summed E-state index contributed by atoms with van der Waals surface area (Å²) in [6.45, 7) is 6.94. The maximum atomic E-state index is 11.8. The molecule has 1 saturated heterocycles. The Morgan fingerprint density at radius 2 is 1.76 bits per heavy atom. The average Bonchev–Trinajstić information content (AvgIpc) is 2.48. The largest absolute Gasteiger partial charge is 0.478 e. The third-order valence-corrected chi connectivity index (χ3v) is 3.88. The lowest BCUT2D eigenvalue weighted by Gasteiger charge is -2.36. The number of carbonyl (C=O) groups is 2. The van der Waals surface area contributed by atoms with Gasteiger partial charge in [-0.25, -0.2) is 4.79 Å². The highest BCUT2D eigenvalue weighted by atomic mass is 16.4. The summed E-state index contributed by atoms with van der Waals surface area (Å²) in [7, 11) is 0. The quantitative estimate of drug-likeness (QED) is 0.858. The van der Waals surface area contributed by atoms with Gasteiger partial charge in [0.1, 0.15) is 0 Å². The number of amides is 1. The molecule has 0 aromatic heterocycles. The second kappa shape index (κ2) is 6.43. The summed E-state index contributed by atoms with van der Waals surface area (Å²) < 4.78 is 0. The Hall–Kier alpha value is -2.30. The van der Waals surface area contributed by atoms with Crippen LogP contribution in [0.3, 0.4) is 0 Å². The fourth-order valence-electron chi connectivity index (χ4n) is 2.49. The van der Waals surface area contributed by atoms with Crippen LogP contribution in [-0.2, 0) is 9.59 Å². The van der Waals surface area contributed by atoms with Crippen LogP contribution in [0.5, 0.6) is 0 Å². The first kappa shape index (κ1) is 15.1. The number of aryl methyl sites for hydroxylation is 1. The van der Waals surface area contributed by atoms with E-state index in [0.29, 0.717) is 13.1 Å². The molecule has 1 amide bonds. The molecule has 0 bridgehead atoms. The highest BCUT2D eigenvalue weighted by Crippen LogP contribution is 2.23. The van der Waals surface area contributed by atoms with Gasteiger partial charge in [0, 0.05) is 44.0 Å². The Balaban J connectivity index is 1.99. The van der Waals surface area contributed by atoms with Gasteiger partial charge in [0.25, 0.3) is 0 Å². The molecule has 5 heteroatoms. The van der Waals surface area contributed by atoms with E-state index in [2.05, 4.69) is 30.9 Å². The summed E-state index contributed by atoms with van der Waals surface area (Å²) in [5.41, 5.74) is 3.74. The van der Waals surface area contributed by atoms with Crippen molar-refractivity contribution in [1.82, 2.24) is 4.90 Å². The van der Waals surface area contributed by atoms with Crippen molar-refractivity contribution in [3.63, 3.8) is 0 Å². The molecule has 1 heterocycles. The van der Waals surface area contributed by atoms with Crippen LogP contribution in [0.2, 0.25) is 0 Å². The normalized spacial score (nSPS) is 15.5. The Morgan fingerprint density at radius 3 is 2.38 bits per heavy atom. The van der Waals surface area contributed by atoms with E-state index in [0.717, 1.165) is 25.2 Å². The van der Waals surface area contributed by atoms with Gasteiger partial charge >= 0.3 is 5.97 Å². The van der Waals surface area contributed by atoms with Gasteiger partial charge in [0.15, 0.2) is 0 Å². The Labute approximate surface area is 124 Å². The van der Waals surface area contributed by atoms with Gasteiger partial charge in [0.2, 0.25) is 5.91 Å². The van der Waals surface area contributed by atoms with Gasteiger partial charge in [-0.1, -0.05) is 12.1 Å². The van der Waals surface area contributed by atoms with Crippen LogP contribution in [0.1, 0.15) is 11.1 Å². The number of carboxylic acids is 1. The van der Waals surface area contributed by atoms with Gasteiger partial charge < -0.3 is 14.9 Å². The molecule has 1 aromatic rings. The molecular weight excluding hydrogens is 268 g/mol. The zero-order valence-corrected chi connectivity index (χ0v) is 12.4. The zero-order chi connectivity index (χ0) is 15.4. The van der Waals surface area contributed by atoms with Gasteiger partial charge in [0.05, 0.1) is 0 Å². The van der Waals surface area contributed by atoms with Crippen molar-refractivity contribution in [2.45, 2.75) is 13.8 Å². The van der Waals surface area contributed by atoms with E-state index < -0.39 is 5.97 Å². The van der Waals surface area contributed by atoms with Crippen LogP contribution in [0.25, 0.3) is 0 Å². The van der Waals surface area contributed by atoms with Crippen LogP contribution < -0.4 is 4.90 Å². The maximum Gasteiger partial charge on any atom is 0.328 e. The van der Waals surface area contributed by atoms with Crippen LogP contribution >= 0.6 is 0 Å². The number of aliphatic carboxylic acids is 1. The van der Waals surface area contributed by atoms with Crippen molar-refractivity contribution in [1.29, 1.82) is 0 Å². The van der Waals surface area contributed by atoms with Crippen molar-refractivity contribution in [3.05, 3.63) is 41.5 Å². The summed E-state index contributed by atoms with van der Waals surface area (Å²) in [5.74, 6) is -1.34. The molecule has 1 N–H and O–H groups in total. The number of carbonyl (C=O) groups excluding carboxylic acids is 1. The van der Waals surface area contributed by atoms with E-state index in [1.807, 2.05) is 6.07 Å². The molecule has 0 saturated carbocycles. The van der Waals surface area contributed by atoms with E-state index in [4.69, 9.17) is 5.11 Å². The number of hydrogen-bond acceptors (Lipinski definition) is 3. The first-order valence-electron chi connectivity index (χ1n) is 7.00.